The lowest BCUT2D eigenvalue weighted by molar-refractivity contribution is -0.155. The molecule has 0 bridgehead atoms. The summed E-state index contributed by atoms with van der Waals surface area (Å²) in [5, 5.41) is 0.731. The van der Waals surface area contributed by atoms with Gasteiger partial charge in [-0.25, -0.2) is 9.59 Å². The van der Waals surface area contributed by atoms with E-state index in [0.717, 1.165) is 10.9 Å². The fourth-order valence-electron chi connectivity index (χ4n) is 2.83. The predicted molar refractivity (Wildman–Crippen MR) is 93.4 cm³/mol. The number of para-hydroxylation sites is 2. The number of carbonyl (C=O) groups is 1. The molecule has 0 fully saturated rings. The van der Waals surface area contributed by atoms with E-state index >= 15 is 0 Å². The Morgan fingerprint density at radius 2 is 1.96 bits per heavy atom. The number of benzene rings is 2. The van der Waals surface area contributed by atoms with Crippen LogP contribution in [0.5, 0.6) is 11.5 Å². The van der Waals surface area contributed by atoms with Gasteiger partial charge in [-0.05, 0) is 30.7 Å². The van der Waals surface area contributed by atoms with Gasteiger partial charge in [-0.15, -0.1) is 0 Å². The van der Waals surface area contributed by atoms with Crippen LogP contribution in [0.15, 0.2) is 57.7 Å². The maximum atomic E-state index is 12.3. The number of hydrogen-bond donors (Lipinski definition) is 0. The van der Waals surface area contributed by atoms with Gasteiger partial charge in [-0.2, -0.15) is 0 Å². The normalized spacial score (nSPS) is 15.7. The van der Waals surface area contributed by atoms with E-state index in [1.54, 1.807) is 24.3 Å². The summed E-state index contributed by atoms with van der Waals surface area (Å²) < 4.78 is 21.7. The minimum atomic E-state index is -0.849. The third-order valence-electron chi connectivity index (χ3n) is 4.13. The van der Waals surface area contributed by atoms with Crippen molar-refractivity contribution in [3.05, 3.63) is 70.1 Å². The predicted octanol–water partition coefficient (Wildman–Crippen LogP) is 2.98. The van der Waals surface area contributed by atoms with Crippen molar-refractivity contribution in [3.63, 3.8) is 0 Å². The summed E-state index contributed by atoms with van der Waals surface area (Å²) in [6.45, 7) is 1.93. The highest BCUT2D eigenvalue weighted by Gasteiger charge is 2.28. The number of aryl methyl sites for hydroxylation is 1. The summed E-state index contributed by atoms with van der Waals surface area (Å²) >= 11 is 0. The molecule has 1 aliphatic heterocycles. The van der Waals surface area contributed by atoms with E-state index in [1.807, 2.05) is 25.1 Å². The van der Waals surface area contributed by atoms with Crippen LogP contribution in [0.3, 0.4) is 0 Å². The number of hydrogen-bond acceptors (Lipinski definition) is 6. The van der Waals surface area contributed by atoms with E-state index in [4.69, 9.17) is 18.6 Å². The molecule has 1 atom stereocenters. The number of rotatable bonds is 3. The van der Waals surface area contributed by atoms with Crippen molar-refractivity contribution >= 4 is 16.9 Å². The van der Waals surface area contributed by atoms with Gasteiger partial charge in [0.05, 0.1) is 0 Å². The van der Waals surface area contributed by atoms with Crippen molar-refractivity contribution in [2.45, 2.75) is 19.6 Å². The van der Waals surface area contributed by atoms with Crippen molar-refractivity contribution in [3.8, 4) is 11.5 Å². The fourth-order valence-corrected chi connectivity index (χ4v) is 2.83. The van der Waals surface area contributed by atoms with E-state index in [2.05, 4.69) is 0 Å². The minimum absolute atomic E-state index is 0.0501. The van der Waals surface area contributed by atoms with Gasteiger partial charge in [0, 0.05) is 17.0 Å². The zero-order valence-corrected chi connectivity index (χ0v) is 14.1. The molecule has 0 amide bonds. The van der Waals surface area contributed by atoms with Crippen molar-refractivity contribution in [1.29, 1.82) is 0 Å². The molecular weight excluding hydrogens is 336 g/mol. The van der Waals surface area contributed by atoms with Crippen LogP contribution < -0.4 is 15.1 Å². The van der Waals surface area contributed by atoms with E-state index in [-0.39, 0.29) is 13.2 Å². The van der Waals surface area contributed by atoms with Crippen LogP contribution in [0.2, 0.25) is 0 Å². The van der Waals surface area contributed by atoms with E-state index in [1.165, 1.54) is 6.07 Å². The second-order valence-corrected chi connectivity index (χ2v) is 6.06. The molecule has 2 heterocycles. The first-order chi connectivity index (χ1) is 12.6. The first kappa shape index (κ1) is 16.2. The molecule has 0 radical (unpaired) electrons. The topological polar surface area (TPSA) is 75.0 Å². The monoisotopic (exact) mass is 352 g/mol. The maximum absolute atomic E-state index is 12.3. The summed E-state index contributed by atoms with van der Waals surface area (Å²) in [6, 6.07) is 14.0. The van der Waals surface area contributed by atoms with Crippen molar-refractivity contribution in [2.24, 2.45) is 0 Å². The summed E-state index contributed by atoms with van der Waals surface area (Å²) in [5.74, 6) is 0.550. The minimum Gasteiger partial charge on any atom is -0.485 e. The molecule has 0 N–H and O–H groups in total. The SMILES string of the molecule is Cc1ccc2c(COC(=O)[C@@H]3COc4ccccc4O3)cc(=O)oc2c1. The van der Waals surface area contributed by atoms with Gasteiger partial charge < -0.3 is 18.6 Å². The summed E-state index contributed by atoms with van der Waals surface area (Å²) in [6.07, 6.45) is -0.849. The zero-order valence-electron chi connectivity index (χ0n) is 14.1. The third-order valence-corrected chi connectivity index (χ3v) is 4.13. The van der Waals surface area contributed by atoms with Crippen LogP contribution >= 0.6 is 0 Å². The number of carbonyl (C=O) groups excluding carboxylic acids is 1. The molecule has 0 spiro atoms. The van der Waals surface area contributed by atoms with Crippen LogP contribution in [0.1, 0.15) is 11.1 Å². The second kappa shape index (κ2) is 6.55. The van der Waals surface area contributed by atoms with Gasteiger partial charge in [0.15, 0.2) is 11.5 Å². The number of fused-ring (bicyclic) bond motifs is 2. The fraction of sp³-hybridized carbons (Fsp3) is 0.200. The molecule has 1 aromatic heterocycles. The molecular formula is C20H16O6. The third kappa shape index (κ3) is 3.13. The second-order valence-electron chi connectivity index (χ2n) is 6.06. The molecule has 2 aromatic carbocycles. The molecule has 132 valence electrons. The molecule has 4 rings (SSSR count). The smallest absolute Gasteiger partial charge is 0.351 e. The van der Waals surface area contributed by atoms with Gasteiger partial charge in [0.25, 0.3) is 0 Å². The standard InChI is InChI=1S/C20H16O6/c1-12-6-7-14-13(9-19(21)26-17(14)8-12)10-24-20(22)18-11-23-15-4-2-3-5-16(15)25-18/h2-9,18H,10-11H2,1H3/t18-/m0/s1. The highest BCUT2D eigenvalue weighted by Crippen LogP contribution is 2.31. The van der Waals surface area contributed by atoms with Gasteiger partial charge in [-0.3, -0.25) is 0 Å². The lowest BCUT2D eigenvalue weighted by Crippen LogP contribution is -2.37. The summed E-state index contributed by atoms with van der Waals surface area (Å²) in [5.41, 5.74) is 1.54. The number of esters is 1. The first-order valence-corrected chi connectivity index (χ1v) is 8.19. The molecule has 0 saturated heterocycles. The van der Waals surface area contributed by atoms with Gasteiger partial charge >= 0.3 is 11.6 Å². The van der Waals surface area contributed by atoms with Crippen molar-refractivity contribution in [1.82, 2.24) is 0 Å². The van der Waals surface area contributed by atoms with Crippen LogP contribution in [0, 0.1) is 6.92 Å². The van der Waals surface area contributed by atoms with E-state index in [9.17, 15) is 9.59 Å². The summed E-state index contributed by atoms with van der Waals surface area (Å²) in [7, 11) is 0. The quantitative estimate of drug-likeness (QED) is 0.533. The molecule has 26 heavy (non-hydrogen) atoms. The van der Waals surface area contributed by atoms with E-state index < -0.39 is 17.7 Å². The van der Waals surface area contributed by atoms with Crippen LogP contribution in [0.4, 0.5) is 0 Å². The molecule has 1 aliphatic rings. The van der Waals surface area contributed by atoms with Crippen molar-refractivity contribution in [2.75, 3.05) is 6.61 Å². The van der Waals surface area contributed by atoms with Crippen LogP contribution in [0.25, 0.3) is 11.0 Å². The highest BCUT2D eigenvalue weighted by atomic mass is 16.6. The average molecular weight is 352 g/mol. The zero-order chi connectivity index (χ0) is 18.1. The molecule has 6 heteroatoms. The van der Waals surface area contributed by atoms with E-state index in [0.29, 0.717) is 22.6 Å². The molecule has 0 saturated carbocycles. The Morgan fingerprint density at radius 3 is 2.81 bits per heavy atom. The molecule has 3 aromatic rings. The van der Waals surface area contributed by atoms with Crippen molar-refractivity contribution < 1.29 is 23.4 Å². The Labute approximate surface area is 148 Å². The van der Waals surface area contributed by atoms with Gasteiger partial charge in [0.1, 0.15) is 18.8 Å². The first-order valence-electron chi connectivity index (χ1n) is 8.19. The lowest BCUT2D eigenvalue weighted by Gasteiger charge is -2.24. The maximum Gasteiger partial charge on any atom is 0.351 e. The molecule has 0 aliphatic carbocycles. The van der Waals surface area contributed by atoms with Crippen LogP contribution in [-0.2, 0) is 16.1 Å². The number of ether oxygens (including phenoxy) is 3. The summed E-state index contributed by atoms with van der Waals surface area (Å²) in [4.78, 5) is 24.1. The van der Waals surface area contributed by atoms with Gasteiger partial charge in [-0.1, -0.05) is 24.3 Å². The Bertz CT molecular complexity index is 1040. The average Bonchev–Trinajstić information content (AvgIpc) is 2.65. The Balaban J connectivity index is 1.50. The lowest BCUT2D eigenvalue weighted by atomic mass is 10.1. The van der Waals surface area contributed by atoms with Crippen LogP contribution in [-0.4, -0.2) is 18.7 Å². The molecule has 6 nitrogen and oxygen atoms in total. The largest absolute Gasteiger partial charge is 0.485 e. The Morgan fingerprint density at radius 1 is 1.15 bits per heavy atom. The van der Waals surface area contributed by atoms with Gasteiger partial charge in [0.2, 0.25) is 6.10 Å². The highest BCUT2D eigenvalue weighted by molar-refractivity contribution is 5.81. The Kier molecular flexibility index (Phi) is 4.08. The Hall–Kier alpha value is -3.28. The molecule has 0 unspecified atom stereocenters.